The minimum atomic E-state index is -0.547. The Morgan fingerprint density at radius 3 is 2.50 bits per heavy atom. The lowest BCUT2D eigenvalue weighted by atomic mass is 10.2. The van der Waals surface area contributed by atoms with E-state index in [9.17, 15) is 4.79 Å². The Hall–Kier alpha value is -3.34. The number of amides is 1. The van der Waals surface area contributed by atoms with Crippen molar-refractivity contribution in [3.05, 3.63) is 83.2 Å². The molecule has 1 aliphatic heterocycles. The number of anilines is 1. The molecule has 166 valence electrons. The van der Waals surface area contributed by atoms with E-state index in [1.165, 1.54) is 11.3 Å². The normalized spacial score (nSPS) is 18.2. The minimum Gasteiger partial charge on any atom is -0.443 e. The third-order valence-corrected chi connectivity index (χ3v) is 5.70. The molecule has 0 aromatic heterocycles. The van der Waals surface area contributed by atoms with Crippen molar-refractivity contribution in [1.29, 1.82) is 0 Å². The van der Waals surface area contributed by atoms with Gasteiger partial charge in [0.25, 0.3) is 0 Å². The molecular weight excluding hydrogens is 398 g/mol. The van der Waals surface area contributed by atoms with Gasteiger partial charge in [0, 0.05) is 42.6 Å². The SMILES string of the molecule is CN(C(=O)OC(C)(C)C)C1=C(C=[N+]2CCc3ccccc32)CCC1=CNc1ccccc1. The van der Waals surface area contributed by atoms with Crippen LogP contribution >= 0.6 is 0 Å². The van der Waals surface area contributed by atoms with Gasteiger partial charge < -0.3 is 10.1 Å². The fourth-order valence-electron chi connectivity index (χ4n) is 4.22. The van der Waals surface area contributed by atoms with Crippen LogP contribution in [-0.4, -0.2) is 41.0 Å². The van der Waals surface area contributed by atoms with Gasteiger partial charge in [0.15, 0.2) is 12.8 Å². The van der Waals surface area contributed by atoms with E-state index in [0.717, 1.165) is 48.3 Å². The first-order valence-corrected chi connectivity index (χ1v) is 11.2. The van der Waals surface area contributed by atoms with Crippen LogP contribution in [0.3, 0.4) is 0 Å². The molecule has 1 aliphatic carbocycles. The molecule has 5 nitrogen and oxygen atoms in total. The highest BCUT2D eigenvalue weighted by atomic mass is 16.6. The van der Waals surface area contributed by atoms with Crippen LogP contribution in [0, 0.1) is 0 Å². The number of ether oxygens (including phenoxy) is 1. The Morgan fingerprint density at radius 1 is 1.03 bits per heavy atom. The molecule has 0 saturated heterocycles. The summed E-state index contributed by atoms with van der Waals surface area (Å²) in [5, 5.41) is 3.39. The Balaban J connectivity index is 1.70. The maximum atomic E-state index is 12.9. The number of nitrogens with one attached hydrogen (secondary N) is 1. The number of nitrogens with zero attached hydrogens (tertiary/aromatic N) is 2. The number of hydrogen-bond donors (Lipinski definition) is 1. The highest BCUT2D eigenvalue weighted by molar-refractivity contribution is 5.83. The zero-order valence-corrected chi connectivity index (χ0v) is 19.4. The number of allylic oxidation sites excluding steroid dienone is 2. The van der Waals surface area contributed by atoms with Gasteiger partial charge in [0.1, 0.15) is 5.60 Å². The maximum absolute atomic E-state index is 12.9. The van der Waals surface area contributed by atoms with Gasteiger partial charge in [-0.05, 0) is 51.3 Å². The van der Waals surface area contributed by atoms with Gasteiger partial charge in [-0.1, -0.05) is 36.4 Å². The lowest BCUT2D eigenvalue weighted by Gasteiger charge is -2.26. The van der Waals surface area contributed by atoms with Crippen LogP contribution in [0.4, 0.5) is 16.2 Å². The van der Waals surface area contributed by atoms with Crippen LogP contribution < -0.4 is 5.32 Å². The zero-order valence-electron chi connectivity index (χ0n) is 19.4. The van der Waals surface area contributed by atoms with E-state index in [4.69, 9.17) is 4.74 Å². The van der Waals surface area contributed by atoms with Crippen LogP contribution in [0.2, 0.25) is 0 Å². The second-order valence-electron chi connectivity index (χ2n) is 9.29. The molecule has 0 spiro atoms. The van der Waals surface area contributed by atoms with Crippen molar-refractivity contribution < 1.29 is 14.1 Å². The quantitative estimate of drug-likeness (QED) is 0.617. The van der Waals surface area contributed by atoms with Crippen LogP contribution in [-0.2, 0) is 11.2 Å². The summed E-state index contributed by atoms with van der Waals surface area (Å²) in [4.78, 5) is 14.6. The van der Waals surface area contributed by atoms with Crippen LogP contribution in [0.5, 0.6) is 0 Å². The van der Waals surface area contributed by atoms with Crippen molar-refractivity contribution >= 4 is 23.7 Å². The van der Waals surface area contributed by atoms with E-state index in [2.05, 4.69) is 40.4 Å². The molecule has 4 rings (SSSR count). The van der Waals surface area contributed by atoms with Gasteiger partial charge in [-0.3, -0.25) is 4.90 Å². The van der Waals surface area contributed by atoms with E-state index in [1.807, 2.05) is 57.3 Å². The minimum absolute atomic E-state index is 0.340. The second kappa shape index (κ2) is 9.03. The Morgan fingerprint density at radius 2 is 1.75 bits per heavy atom. The third-order valence-electron chi connectivity index (χ3n) is 5.70. The fraction of sp³-hybridized carbons (Fsp3) is 0.333. The van der Waals surface area contributed by atoms with Gasteiger partial charge in [0.2, 0.25) is 5.69 Å². The summed E-state index contributed by atoms with van der Waals surface area (Å²) in [7, 11) is 1.80. The summed E-state index contributed by atoms with van der Waals surface area (Å²) in [6, 6.07) is 18.6. The van der Waals surface area contributed by atoms with Crippen molar-refractivity contribution in [2.45, 2.75) is 45.6 Å². The van der Waals surface area contributed by atoms with Crippen LogP contribution in [0.15, 0.2) is 77.6 Å². The number of likely N-dealkylation sites (N-methyl/N-ethyl adjacent to an activating group) is 1. The van der Waals surface area contributed by atoms with Crippen molar-refractivity contribution in [2.24, 2.45) is 0 Å². The van der Waals surface area contributed by atoms with E-state index >= 15 is 0 Å². The topological polar surface area (TPSA) is 44.6 Å². The van der Waals surface area contributed by atoms with Crippen molar-refractivity contribution in [3.63, 3.8) is 0 Å². The monoisotopic (exact) mass is 430 g/mol. The molecular formula is C27H32N3O2+. The predicted octanol–water partition coefficient (Wildman–Crippen LogP) is 5.87. The summed E-state index contributed by atoms with van der Waals surface area (Å²) in [5.41, 5.74) is 6.26. The Kier molecular flexibility index (Phi) is 6.17. The Labute approximate surface area is 190 Å². The van der Waals surface area contributed by atoms with Gasteiger partial charge in [0.05, 0.1) is 5.70 Å². The molecule has 0 fully saturated rings. The molecule has 32 heavy (non-hydrogen) atoms. The lowest BCUT2D eigenvalue weighted by molar-refractivity contribution is -0.423. The van der Waals surface area contributed by atoms with Gasteiger partial charge in [-0.15, -0.1) is 0 Å². The lowest BCUT2D eigenvalue weighted by Crippen LogP contribution is -2.34. The van der Waals surface area contributed by atoms with Crippen molar-refractivity contribution in [1.82, 2.24) is 4.90 Å². The van der Waals surface area contributed by atoms with Gasteiger partial charge in [-0.2, -0.15) is 4.58 Å². The average Bonchev–Trinajstić information content (AvgIpc) is 3.36. The zero-order chi connectivity index (χ0) is 22.7. The number of benzene rings is 2. The highest BCUT2D eigenvalue weighted by Gasteiger charge is 2.31. The molecule has 1 heterocycles. The third kappa shape index (κ3) is 4.93. The summed E-state index contributed by atoms with van der Waals surface area (Å²) in [5.74, 6) is 0. The molecule has 0 saturated carbocycles. The first kappa shape index (κ1) is 21.9. The molecule has 2 aromatic rings. The number of para-hydroxylation sites is 2. The van der Waals surface area contributed by atoms with E-state index in [-0.39, 0.29) is 6.09 Å². The van der Waals surface area contributed by atoms with Crippen molar-refractivity contribution in [3.8, 4) is 0 Å². The van der Waals surface area contributed by atoms with E-state index < -0.39 is 5.60 Å². The first-order valence-electron chi connectivity index (χ1n) is 11.2. The number of hydrogen-bond acceptors (Lipinski definition) is 3. The molecule has 0 unspecified atom stereocenters. The van der Waals surface area contributed by atoms with E-state index in [0.29, 0.717) is 0 Å². The molecule has 0 atom stereocenters. The molecule has 1 amide bonds. The summed E-state index contributed by atoms with van der Waals surface area (Å²) >= 11 is 0. The standard InChI is InChI=1S/C27H31N3O2/c1-27(2,3)32-26(31)29(4)25-21(18-28-23-11-6-5-7-12-23)14-15-22(25)19-30-17-16-20-10-8-9-13-24(20)30/h5-13,18-19H,14-17H2,1-4H3/p+1. The average molecular weight is 431 g/mol. The number of fused-ring (bicyclic) bond motifs is 1. The largest absolute Gasteiger partial charge is 0.443 e. The van der Waals surface area contributed by atoms with Crippen LogP contribution in [0.1, 0.15) is 39.2 Å². The van der Waals surface area contributed by atoms with Crippen LogP contribution in [0.25, 0.3) is 0 Å². The molecule has 2 aliphatic rings. The number of rotatable bonds is 4. The molecule has 0 bridgehead atoms. The molecule has 1 N–H and O–H groups in total. The summed E-state index contributed by atoms with van der Waals surface area (Å²) < 4.78 is 7.98. The van der Waals surface area contributed by atoms with Crippen molar-refractivity contribution in [2.75, 3.05) is 18.9 Å². The molecule has 5 heteroatoms. The molecule has 2 aromatic carbocycles. The van der Waals surface area contributed by atoms with Gasteiger partial charge in [-0.25, -0.2) is 4.79 Å². The fourth-order valence-corrected chi connectivity index (χ4v) is 4.22. The summed E-state index contributed by atoms with van der Waals surface area (Å²) in [6.07, 6.45) is 6.67. The smallest absolute Gasteiger partial charge is 0.414 e. The predicted molar refractivity (Wildman–Crippen MR) is 129 cm³/mol. The van der Waals surface area contributed by atoms with E-state index in [1.54, 1.807) is 11.9 Å². The highest BCUT2D eigenvalue weighted by Crippen LogP contribution is 2.34. The number of carbonyl (C=O) groups excluding carboxylic acids is 1. The second-order valence-corrected chi connectivity index (χ2v) is 9.29. The summed E-state index contributed by atoms with van der Waals surface area (Å²) in [6.45, 7) is 6.63. The Bertz CT molecular complexity index is 1090. The first-order chi connectivity index (χ1) is 15.3. The number of carbonyl (C=O) groups is 1. The maximum Gasteiger partial charge on any atom is 0.414 e. The molecule has 0 radical (unpaired) electrons. The van der Waals surface area contributed by atoms with Gasteiger partial charge >= 0.3 is 6.09 Å².